The maximum atomic E-state index is 12.1. The maximum Gasteiger partial charge on any atom is 0.231 e. The van der Waals surface area contributed by atoms with Crippen LogP contribution in [0.25, 0.3) is 0 Å². The van der Waals surface area contributed by atoms with E-state index in [1.165, 1.54) is 0 Å². The van der Waals surface area contributed by atoms with Crippen LogP contribution >= 0.6 is 0 Å². The van der Waals surface area contributed by atoms with Gasteiger partial charge in [-0.2, -0.15) is 0 Å². The summed E-state index contributed by atoms with van der Waals surface area (Å²) in [5.74, 6) is 7.80. The van der Waals surface area contributed by atoms with E-state index in [1.807, 2.05) is 0 Å². The molecule has 1 saturated heterocycles. The van der Waals surface area contributed by atoms with Crippen LogP contribution in [0.3, 0.4) is 0 Å². The van der Waals surface area contributed by atoms with Crippen LogP contribution in [0.1, 0.15) is 19.8 Å². The topological polar surface area (TPSA) is 77.1 Å². The van der Waals surface area contributed by atoms with Gasteiger partial charge < -0.3 is 24.4 Å². The number of piperidine rings is 1. The van der Waals surface area contributed by atoms with Gasteiger partial charge >= 0.3 is 0 Å². The molecule has 26 heavy (non-hydrogen) atoms. The van der Waals surface area contributed by atoms with Crippen molar-refractivity contribution in [3.63, 3.8) is 0 Å². The van der Waals surface area contributed by atoms with Crippen LogP contribution in [0.4, 0.5) is 0 Å². The molecule has 2 amide bonds. The molecular formula is C19H22N2O5. The van der Waals surface area contributed by atoms with E-state index in [-0.39, 0.29) is 37.7 Å². The van der Waals surface area contributed by atoms with Gasteiger partial charge in [0.1, 0.15) is 12.4 Å². The standard InChI is InChI=1S/C19H22N2O5/c1-14(22)21-9-6-15(7-10-21)19(23)20-8-2-3-11-24-16-4-5-17-18(12-16)26-13-25-17/h4-5,12,15H,6-11,13H2,1H3,(H,20,23). The zero-order chi connectivity index (χ0) is 18.4. The van der Waals surface area contributed by atoms with E-state index in [0.29, 0.717) is 43.2 Å². The number of benzene rings is 1. The number of carbonyl (C=O) groups is 2. The molecular weight excluding hydrogens is 336 g/mol. The van der Waals surface area contributed by atoms with Crippen molar-refractivity contribution in [1.29, 1.82) is 0 Å². The third kappa shape index (κ3) is 4.60. The molecule has 0 atom stereocenters. The smallest absolute Gasteiger partial charge is 0.231 e. The van der Waals surface area contributed by atoms with Crippen LogP contribution in [-0.4, -0.2) is 49.7 Å². The van der Waals surface area contributed by atoms with Gasteiger partial charge in [0.2, 0.25) is 18.6 Å². The Balaban J connectivity index is 1.34. The summed E-state index contributed by atoms with van der Waals surface area (Å²) >= 11 is 0. The molecule has 2 aliphatic heterocycles. The molecule has 2 heterocycles. The third-order valence-electron chi connectivity index (χ3n) is 4.44. The van der Waals surface area contributed by atoms with Gasteiger partial charge in [0, 0.05) is 32.0 Å². The second kappa shape index (κ2) is 8.48. The summed E-state index contributed by atoms with van der Waals surface area (Å²) in [6.45, 7) is 3.58. The SMILES string of the molecule is CC(=O)N1CCC(C(=O)NCC#CCOc2ccc3c(c2)OCO3)CC1. The van der Waals surface area contributed by atoms with Gasteiger partial charge in [-0.1, -0.05) is 11.8 Å². The Bertz CT molecular complexity index is 729. The highest BCUT2D eigenvalue weighted by atomic mass is 16.7. The van der Waals surface area contributed by atoms with Gasteiger partial charge in [0.05, 0.1) is 6.54 Å². The van der Waals surface area contributed by atoms with Gasteiger partial charge in [-0.3, -0.25) is 9.59 Å². The fourth-order valence-electron chi connectivity index (χ4n) is 2.93. The quantitative estimate of drug-likeness (QED) is 0.818. The predicted octanol–water partition coefficient (Wildman–Crippen LogP) is 1.17. The molecule has 0 aliphatic carbocycles. The first-order valence-electron chi connectivity index (χ1n) is 8.65. The number of nitrogens with one attached hydrogen (secondary N) is 1. The summed E-state index contributed by atoms with van der Waals surface area (Å²) in [5.41, 5.74) is 0. The second-order valence-corrected chi connectivity index (χ2v) is 6.16. The van der Waals surface area contributed by atoms with E-state index < -0.39 is 0 Å². The highest BCUT2D eigenvalue weighted by molar-refractivity contribution is 5.79. The van der Waals surface area contributed by atoms with Gasteiger partial charge in [0.15, 0.2) is 11.5 Å². The minimum absolute atomic E-state index is 0.000749. The van der Waals surface area contributed by atoms with Crippen LogP contribution in [0.15, 0.2) is 18.2 Å². The fourth-order valence-corrected chi connectivity index (χ4v) is 2.93. The Labute approximate surface area is 152 Å². The molecule has 0 saturated carbocycles. The molecule has 1 N–H and O–H groups in total. The van der Waals surface area contributed by atoms with Crippen molar-refractivity contribution in [2.24, 2.45) is 5.92 Å². The molecule has 0 bridgehead atoms. The summed E-state index contributed by atoms with van der Waals surface area (Å²) in [6.07, 6.45) is 1.40. The van der Waals surface area contributed by atoms with Crippen LogP contribution in [-0.2, 0) is 9.59 Å². The van der Waals surface area contributed by atoms with Crippen molar-refractivity contribution < 1.29 is 23.8 Å². The molecule has 0 unspecified atom stereocenters. The van der Waals surface area contributed by atoms with Crippen molar-refractivity contribution in [2.45, 2.75) is 19.8 Å². The number of hydrogen-bond acceptors (Lipinski definition) is 5. The molecule has 7 nitrogen and oxygen atoms in total. The number of nitrogens with zero attached hydrogens (tertiary/aromatic N) is 1. The van der Waals surface area contributed by atoms with Crippen molar-refractivity contribution in [1.82, 2.24) is 10.2 Å². The summed E-state index contributed by atoms with van der Waals surface area (Å²) < 4.78 is 16.0. The molecule has 7 heteroatoms. The van der Waals surface area contributed by atoms with Crippen LogP contribution in [0.5, 0.6) is 17.2 Å². The Kier molecular flexibility index (Phi) is 5.84. The lowest BCUT2D eigenvalue weighted by Gasteiger charge is -2.30. The van der Waals surface area contributed by atoms with Crippen molar-refractivity contribution >= 4 is 11.8 Å². The van der Waals surface area contributed by atoms with Gasteiger partial charge in [-0.15, -0.1) is 0 Å². The number of hydrogen-bond donors (Lipinski definition) is 1. The molecule has 1 aromatic carbocycles. The molecule has 2 aliphatic rings. The fraction of sp³-hybridized carbons (Fsp3) is 0.474. The highest BCUT2D eigenvalue weighted by Gasteiger charge is 2.25. The summed E-state index contributed by atoms with van der Waals surface area (Å²) in [7, 11) is 0. The third-order valence-corrected chi connectivity index (χ3v) is 4.44. The first kappa shape index (κ1) is 17.9. The number of amides is 2. The summed E-state index contributed by atoms with van der Waals surface area (Å²) in [4.78, 5) is 25.2. The van der Waals surface area contributed by atoms with Crippen molar-refractivity contribution in [3.8, 4) is 29.1 Å². The van der Waals surface area contributed by atoms with Gasteiger partial charge in [0.25, 0.3) is 0 Å². The number of rotatable bonds is 4. The molecule has 1 aromatic rings. The number of fused-ring (bicyclic) bond motifs is 1. The summed E-state index contributed by atoms with van der Waals surface area (Å²) in [5, 5.41) is 2.82. The van der Waals surface area contributed by atoms with Crippen LogP contribution in [0, 0.1) is 17.8 Å². The predicted molar refractivity (Wildman–Crippen MR) is 93.8 cm³/mol. The van der Waals surface area contributed by atoms with Gasteiger partial charge in [-0.25, -0.2) is 0 Å². The minimum Gasteiger partial charge on any atom is -0.481 e. The number of likely N-dealkylation sites (tertiary alicyclic amines) is 1. The monoisotopic (exact) mass is 358 g/mol. The van der Waals surface area contributed by atoms with E-state index in [1.54, 1.807) is 30.0 Å². The first-order chi connectivity index (χ1) is 12.6. The van der Waals surface area contributed by atoms with E-state index in [4.69, 9.17) is 14.2 Å². The largest absolute Gasteiger partial charge is 0.481 e. The Hall–Kier alpha value is -2.88. The average molecular weight is 358 g/mol. The Morgan fingerprint density at radius 1 is 1.23 bits per heavy atom. The van der Waals surface area contributed by atoms with Crippen molar-refractivity contribution in [2.75, 3.05) is 33.0 Å². The molecule has 0 spiro atoms. The Morgan fingerprint density at radius 3 is 2.77 bits per heavy atom. The van der Waals surface area contributed by atoms with Gasteiger partial charge in [-0.05, 0) is 25.0 Å². The highest BCUT2D eigenvalue weighted by Crippen LogP contribution is 2.34. The number of ether oxygens (including phenoxy) is 3. The van der Waals surface area contributed by atoms with Crippen LogP contribution < -0.4 is 19.5 Å². The van der Waals surface area contributed by atoms with Crippen LogP contribution in [0.2, 0.25) is 0 Å². The molecule has 0 radical (unpaired) electrons. The maximum absolute atomic E-state index is 12.1. The lowest BCUT2D eigenvalue weighted by molar-refractivity contribution is -0.133. The zero-order valence-corrected chi connectivity index (χ0v) is 14.7. The van der Waals surface area contributed by atoms with Crippen molar-refractivity contribution in [3.05, 3.63) is 18.2 Å². The molecule has 1 fully saturated rings. The summed E-state index contributed by atoms with van der Waals surface area (Å²) in [6, 6.07) is 5.35. The van der Waals surface area contributed by atoms with E-state index in [0.717, 1.165) is 0 Å². The van der Waals surface area contributed by atoms with E-state index in [9.17, 15) is 9.59 Å². The Morgan fingerprint density at radius 2 is 2.00 bits per heavy atom. The zero-order valence-electron chi connectivity index (χ0n) is 14.7. The lowest BCUT2D eigenvalue weighted by Crippen LogP contribution is -2.42. The molecule has 3 rings (SSSR count). The normalized spacial score (nSPS) is 15.8. The molecule has 0 aromatic heterocycles. The van der Waals surface area contributed by atoms with E-state index >= 15 is 0 Å². The second-order valence-electron chi connectivity index (χ2n) is 6.16. The first-order valence-corrected chi connectivity index (χ1v) is 8.65. The van der Waals surface area contributed by atoms with E-state index in [2.05, 4.69) is 17.2 Å². The molecule has 138 valence electrons. The number of carbonyl (C=O) groups excluding carboxylic acids is 2. The lowest BCUT2D eigenvalue weighted by atomic mass is 9.96. The average Bonchev–Trinajstić information content (AvgIpc) is 3.12. The minimum atomic E-state index is -0.0442.